The lowest BCUT2D eigenvalue weighted by Gasteiger charge is -2.23. The first-order valence-electron chi connectivity index (χ1n) is 9.69. The minimum atomic E-state index is -1.58. The predicted molar refractivity (Wildman–Crippen MR) is 112 cm³/mol. The van der Waals surface area contributed by atoms with E-state index in [1.807, 2.05) is 0 Å². The average molecular weight is 463 g/mol. The smallest absolute Gasteiger partial charge is 0.408 e. The highest BCUT2D eigenvalue weighted by molar-refractivity contribution is 5.89. The molecule has 0 saturated carbocycles. The van der Waals surface area contributed by atoms with Gasteiger partial charge in [-0.25, -0.2) is 9.59 Å². The lowest BCUT2D eigenvalue weighted by Crippen LogP contribution is -2.56. The summed E-state index contributed by atoms with van der Waals surface area (Å²) in [6, 6.07) is 8.39. The van der Waals surface area contributed by atoms with Gasteiger partial charge in [-0.3, -0.25) is 14.9 Å². The van der Waals surface area contributed by atoms with Crippen LogP contribution in [0.5, 0.6) is 0 Å². The third-order valence-corrected chi connectivity index (χ3v) is 4.51. The molecule has 0 aliphatic rings. The molecule has 2 aromatic carbocycles. The maximum Gasteiger partial charge on any atom is 0.408 e. The zero-order chi connectivity index (χ0) is 24.5. The van der Waals surface area contributed by atoms with Gasteiger partial charge >= 0.3 is 17.7 Å². The summed E-state index contributed by atoms with van der Waals surface area (Å²) in [5.41, 5.74) is -0.0719. The number of aliphatic hydroxyl groups is 1. The van der Waals surface area contributed by atoms with Gasteiger partial charge in [0.05, 0.1) is 11.0 Å². The predicted octanol–water partition coefficient (Wildman–Crippen LogP) is 1.52. The molecule has 11 nitrogen and oxygen atoms in total. The normalized spacial score (nSPS) is 13.3. The number of benzene rings is 2. The van der Waals surface area contributed by atoms with E-state index >= 15 is 0 Å². The lowest BCUT2D eigenvalue weighted by molar-refractivity contribution is -0.387. The van der Waals surface area contributed by atoms with Crippen molar-refractivity contribution in [2.24, 2.45) is 0 Å². The lowest BCUT2D eigenvalue weighted by atomic mass is 10.0. The summed E-state index contributed by atoms with van der Waals surface area (Å²) in [4.78, 5) is 46.1. The molecule has 0 unspecified atom stereocenters. The number of aliphatic hydroxyl groups excluding tert-OH is 1. The fourth-order valence-electron chi connectivity index (χ4n) is 2.82. The van der Waals surface area contributed by atoms with Gasteiger partial charge < -0.3 is 25.6 Å². The second-order valence-electron chi connectivity index (χ2n) is 7.07. The molecule has 0 bridgehead atoms. The number of hydrogen-bond donors (Lipinski definition) is 4. The maximum absolute atomic E-state index is 13.5. The molecule has 12 heteroatoms. The number of aliphatic carboxylic acids is 1. The fourth-order valence-corrected chi connectivity index (χ4v) is 2.82. The highest BCUT2D eigenvalue weighted by Gasteiger charge is 2.30. The standard InChI is InChI=1S/C21H22FN3O8/c1-12(26)18(24-21(30)33-11-13-5-3-2-4-6-13)19(27)23-16(20(28)29)9-14-7-8-15(22)17(10-14)25(31)32/h2-8,10,12,16,18,26H,9,11H2,1H3,(H,23,27)(H,24,30)(H,28,29)/t12-,16-,18+/m1/s1. The van der Waals surface area contributed by atoms with E-state index in [9.17, 15) is 39.1 Å². The number of amides is 2. The van der Waals surface area contributed by atoms with Crippen molar-refractivity contribution in [3.05, 3.63) is 75.6 Å². The Hall–Kier alpha value is -4.06. The molecule has 2 aromatic rings. The summed E-state index contributed by atoms with van der Waals surface area (Å²) >= 11 is 0. The van der Waals surface area contributed by atoms with Crippen LogP contribution in [0.4, 0.5) is 14.9 Å². The number of carbonyl (C=O) groups is 3. The third kappa shape index (κ3) is 7.54. The number of nitrogens with one attached hydrogen (secondary N) is 2. The van der Waals surface area contributed by atoms with E-state index in [4.69, 9.17) is 4.74 Å². The molecule has 2 rings (SSSR count). The Morgan fingerprint density at radius 2 is 1.79 bits per heavy atom. The summed E-state index contributed by atoms with van der Waals surface area (Å²) in [6.07, 6.45) is -2.83. The molecule has 0 spiro atoms. The molecular formula is C21H22FN3O8. The Morgan fingerprint density at radius 3 is 2.36 bits per heavy atom. The van der Waals surface area contributed by atoms with Crippen molar-refractivity contribution < 1.29 is 38.6 Å². The topological polar surface area (TPSA) is 168 Å². The zero-order valence-electron chi connectivity index (χ0n) is 17.4. The quantitative estimate of drug-likeness (QED) is 0.304. The number of nitro benzene ring substituents is 1. The van der Waals surface area contributed by atoms with Crippen molar-refractivity contribution in [1.29, 1.82) is 0 Å². The molecule has 0 heterocycles. The van der Waals surface area contributed by atoms with Gasteiger partial charge in [-0.15, -0.1) is 0 Å². The Labute approximate surface area is 187 Å². The summed E-state index contributed by atoms with van der Waals surface area (Å²) in [7, 11) is 0. The van der Waals surface area contributed by atoms with Gasteiger partial charge in [-0.2, -0.15) is 4.39 Å². The molecule has 0 fully saturated rings. The van der Waals surface area contributed by atoms with Crippen molar-refractivity contribution >= 4 is 23.7 Å². The van der Waals surface area contributed by atoms with Gasteiger partial charge in [0.1, 0.15) is 18.7 Å². The number of alkyl carbamates (subject to hydrolysis) is 1. The second-order valence-corrected chi connectivity index (χ2v) is 7.07. The number of carbonyl (C=O) groups excluding carboxylic acids is 2. The summed E-state index contributed by atoms with van der Waals surface area (Å²) < 4.78 is 18.5. The van der Waals surface area contributed by atoms with Crippen LogP contribution in [0, 0.1) is 15.9 Å². The van der Waals surface area contributed by atoms with Crippen LogP contribution in [0.2, 0.25) is 0 Å². The van der Waals surface area contributed by atoms with E-state index in [0.29, 0.717) is 5.56 Å². The molecule has 2 amide bonds. The number of ether oxygens (including phenoxy) is 1. The Kier molecular flexibility index (Phi) is 8.80. The fraction of sp³-hybridized carbons (Fsp3) is 0.286. The molecule has 0 aliphatic heterocycles. The molecule has 0 aromatic heterocycles. The van der Waals surface area contributed by atoms with Crippen LogP contribution < -0.4 is 10.6 Å². The van der Waals surface area contributed by atoms with E-state index in [1.165, 1.54) is 6.92 Å². The Morgan fingerprint density at radius 1 is 1.12 bits per heavy atom. The van der Waals surface area contributed by atoms with Gasteiger partial charge in [0.15, 0.2) is 0 Å². The van der Waals surface area contributed by atoms with Crippen LogP contribution in [0.1, 0.15) is 18.1 Å². The average Bonchev–Trinajstić information content (AvgIpc) is 2.76. The highest BCUT2D eigenvalue weighted by Crippen LogP contribution is 2.19. The molecule has 176 valence electrons. The number of carboxylic acids is 1. The van der Waals surface area contributed by atoms with Crippen molar-refractivity contribution in [2.45, 2.75) is 38.1 Å². The van der Waals surface area contributed by atoms with E-state index in [-0.39, 0.29) is 12.2 Å². The molecule has 0 saturated heterocycles. The van der Waals surface area contributed by atoms with Crippen molar-refractivity contribution in [2.75, 3.05) is 0 Å². The third-order valence-electron chi connectivity index (χ3n) is 4.51. The van der Waals surface area contributed by atoms with Gasteiger partial charge in [-0.05, 0) is 24.1 Å². The molecule has 3 atom stereocenters. The van der Waals surface area contributed by atoms with E-state index in [2.05, 4.69) is 10.6 Å². The van der Waals surface area contributed by atoms with E-state index in [1.54, 1.807) is 30.3 Å². The monoisotopic (exact) mass is 463 g/mol. The van der Waals surface area contributed by atoms with Gasteiger partial charge in [-0.1, -0.05) is 36.4 Å². The number of carboxylic acid groups (broad SMARTS) is 1. The minimum absolute atomic E-state index is 0.0830. The number of nitrogens with zero attached hydrogens (tertiary/aromatic N) is 1. The van der Waals surface area contributed by atoms with Crippen LogP contribution in [0.15, 0.2) is 48.5 Å². The highest BCUT2D eigenvalue weighted by atomic mass is 19.1. The molecule has 4 N–H and O–H groups in total. The van der Waals surface area contributed by atoms with Gasteiger partial charge in [0.2, 0.25) is 11.7 Å². The number of hydrogen-bond acceptors (Lipinski definition) is 7. The van der Waals surface area contributed by atoms with Gasteiger partial charge in [0, 0.05) is 12.5 Å². The first-order chi connectivity index (χ1) is 15.6. The van der Waals surface area contributed by atoms with Crippen LogP contribution >= 0.6 is 0 Å². The molecule has 0 radical (unpaired) electrons. The van der Waals surface area contributed by atoms with E-state index < -0.39 is 59.0 Å². The van der Waals surface area contributed by atoms with Gasteiger partial charge in [0.25, 0.3) is 0 Å². The first kappa shape index (κ1) is 25.2. The molecular weight excluding hydrogens is 441 g/mol. The van der Waals surface area contributed by atoms with Crippen molar-refractivity contribution in [3.63, 3.8) is 0 Å². The number of nitro groups is 1. The second kappa shape index (κ2) is 11.5. The van der Waals surface area contributed by atoms with Crippen LogP contribution in [0.25, 0.3) is 0 Å². The maximum atomic E-state index is 13.5. The Bertz CT molecular complexity index is 1020. The summed E-state index contributed by atoms with van der Waals surface area (Å²) in [5, 5.41) is 34.5. The van der Waals surface area contributed by atoms with Crippen LogP contribution in [-0.4, -0.2) is 51.3 Å². The summed E-state index contributed by atoms with van der Waals surface area (Å²) in [6.45, 7) is 1.11. The van der Waals surface area contributed by atoms with Crippen molar-refractivity contribution in [3.8, 4) is 0 Å². The van der Waals surface area contributed by atoms with Crippen LogP contribution in [0.3, 0.4) is 0 Å². The van der Waals surface area contributed by atoms with E-state index in [0.717, 1.165) is 18.2 Å². The first-order valence-corrected chi connectivity index (χ1v) is 9.69. The molecule has 0 aliphatic carbocycles. The largest absolute Gasteiger partial charge is 0.480 e. The van der Waals surface area contributed by atoms with Crippen LogP contribution in [-0.2, 0) is 27.4 Å². The van der Waals surface area contributed by atoms with Crippen molar-refractivity contribution in [1.82, 2.24) is 10.6 Å². The SMILES string of the molecule is C[C@@H](O)[C@H](NC(=O)OCc1ccccc1)C(=O)N[C@H](Cc1ccc(F)c([N+](=O)[O-])c1)C(=O)O. The number of halogens is 1. The zero-order valence-corrected chi connectivity index (χ0v) is 17.4. The number of rotatable bonds is 10. The molecule has 33 heavy (non-hydrogen) atoms. The Balaban J connectivity index is 2.05. The summed E-state index contributed by atoms with van der Waals surface area (Å²) in [5.74, 6) is -3.59. The minimum Gasteiger partial charge on any atom is -0.480 e.